The van der Waals surface area contributed by atoms with Gasteiger partial charge >= 0.3 is 0 Å². The average molecular weight is 701 g/mol. The monoisotopic (exact) mass is 700 g/mol. The second-order valence-electron chi connectivity index (χ2n) is 19.1. The van der Waals surface area contributed by atoms with Crippen molar-refractivity contribution in [3.8, 4) is 0 Å². The van der Waals surface area contributed by atoms with Gasteiger partial charge in [-0.15, -0.1) is 0 Å². The number of piperidine rings is 8. The normalized spacial score (nSPS) is 44.6. The van der Waals surface area contributed by atoms with E-state index >= 15 is 0 Å². The van der Waals surface area contributed by atoms with Gasteiger partial charge in [-0.3, -0.25) is 28.9 Å². The van der Waals surface area contributed by atoms with Gasteiger partial charge in [0.1, 0.15) is 5.78 Å². The molecule has 0 aromatic carbocycles. The molecule has 10 rings (SSSR count). The first-order valence-corrected chi connectivity index (χ1v) is 22.6. The second kappa shape index (κ2) is 14.0. The van der Waals surface area contributed by atoms with Gasteiger partial charge in [-0.05, 0) is 138 Å². The van der Waals surface area contributed by atoms with Crippen molar-refractivity contribution in [1.29, 1.82) is 0 Å². The van der Waals surface area contributed by atoms with Crippen LogP contribution in [-0.2, 0) is 14.9 Å². The van der Waals surface area contributed by atoms with Crippen LogP contribution in [0.3, 0.4) is 0 Å². The molecule has 49 heavy (non-hydrogen) atoms. The van der Waals surface area contributed by atoms with Crippen LogP contribution in [0.15, 0.2) is 0 Å². The smallest absolute Gasteiger partial charge is 0.265 e. The van der Waals surface area contributed by atoms with Crippen molar-refractivity contribution < 1.29 is 17.8 Å². The van der Waals surface area contributed by atoms with Crippen LogP contribution in [0.1, 0.15) is 123 Å². The zero-order valence-corrected chi connectivity index (χ0v) is 31.8. The zero-order valence-electron chi connectivity index (χ0n) is 30.9. The summed E-state index contributed by atoms with van der Waals surface area (Å²) in [6.45, 7) is 15.3. The minimum atomic E-state index is -4.08. The summed E-state index contributed by atoms with van der Waals surface area (Å²) in [6, 6.07) is 3.84. The van der Waals surface area contributed by atoms with Crippen LogP contribution in [0, 0.1) is 40.4 Å². The molecule has 0 spiro atoms. The largest absolute Gasteiger partial charge is 0.300 e. The van der Waals surface area contributed by atoms with Crippen LogP contribution in [0.5, 0.6) is 0 Å². The van der Waals surface area contributed by atoms with Crippen LogP contribution in [0.2, 0.25) is 0 Å². The first-order valence-electron chi connectivity index (χ1n) is 21.0. The van der Waals surface area contributed by atoms with E-state index in [-0.39, 0.29) is 17.1 Å². The predicted octanol–water partition coefficient (Wildman–Crippen LogP) is 5.96. The Morgan fingerprint density at radius 3 is 1.27 bits per heavy atom. The lowest BCUT2D eigenvalue weighted by Gasteiger charge is -2.57. The van der Waals surface area contributed by atoms with Crippen LogP contribution in [-0.4, -0.2) is 121 Å². The predicted molar refractivity (Wildman–Crippen MR) is 195 cm³/mol. The Labute approximate surface area is 298 Å². The summed E-state index contributed by atoms with van der Waals surface area (Å²) in [5, 5.41) is 0. The number of hydrogen-bond acceptors (Lipinski definition) is 7. The van der Waals surface area contributed by atoms with Gasteiger partial charge < -0.3 is 0 Å². The summed E-state index contributed by atoms with van der Waals surface area (Å²) >= 11 is 0. The van der Waals surface area contributed by atoms with E-state index in [0.29, 0.717) is 12.8 Å². The molecule has 8 nitrogen and oxygen atoms in total. The number of fused-ring (bicyclic) bond motifs is 14. The molecule has 10 aliphatic rings. The lowest BCUT2D eigenvalue weighted by Crippen LogP contribution is -2.63. The van der Waals surface area contributed by atoms with Gasteiger partial charge in [-0.25, -0.2) is 0 Å². The highest BCUT2D eigenvalue weighted by Gasteiger charge is 2.65. The Morgan fingerprint density at radius 2 is 0.980 bits per heavy atom. The average Bonchev–Trinajstić information content (AvgIpc) is 3.43. The minimum absolute atomic E-state index is 0.0152. The Balaban J connectivity index is 0.000000107. The van der Waals surface area contributed by atoms with Crippen molar-refractivity contribution in [1.82, 2.24) is 19.6 Å². The molecule has 1 N–H and O–H groups in total. The van der Waals surface area contributed by atoms with Crippen LogP contribution in [0.25, 0.3) is 0 Å². The highest BCUT2D eigenvalue weighted by molar-refractivity contribution is 7.85. The minimum Gasteiger partial charge on any atom is -0.300 e. The summed E-state index contributed by atoms with van der Waals surface area (Å²) < 4.78 is 31.0. The van der Waals surface area contributed by atoms with Gasteiger partial charge in [0.25, 0.3) is 10.1 Å². The molecule has 10 atom stereocenters. The molecule has 2 unspecified atom stereocenters. The fraction of sp³-hybridized carbons (Fsp3) is 0.975. The summed E-state index contributed by atoms with van der Waals surface area (Å²) in [7, 11) is -4.08. The van der Waals surface area contributed by atoms with Crippen LogP contribution >= 0.6 is 0 Å². The lowest BCUT2D eigenvalue weighted by molar-refractivity contribution is -0.128. The van der Waals surface area contributed by atoms with E-state index in [1.165, 1.54) is 129 Å². The van der Waals surface area contributed by atoms with Gasteiger partial charge in [0, 0.05) is 56.8 Å². The second-order valence-corrected chi connectivity index (χ2v) is 20.6. The fourth-order valence-corrected chi connectivity index (χ4v) is 15.2. The molecule has 0 aromatic heterocycles. The molecule has 9 heteroatoms. The maximum Gasteiger partial charge on any atom is 0.265 e. The number of carbonyl (C=O) groups is 1. The highest BCUT2D eigenvalue weighted by Crippen LogP contribution is 2.64. The van der Waals surface area contributed by atoms with Crippen molar-refractivity contribution in [2.45, 2.75) is 147 Å². The zero-order chi connectivity index (χ0) is 34.0. The van der Waals surface area contributed by atoms with Crippen LogP contribution < -0.4 is 0 Å². The highest BCUT2D eigenvalue weighted by atomic mass is 32.2. The Morgan fingerprint density at radius 1 is 0.612 bits per heavy atom. The summed E-state index contributed by atoms with van der Waals surface area (Å²) in [6.07, 6.45) is 22.9. The topological polar surface area (TPSA) is 84.4 Å². The number of carbonyl (C=O) groups excluding carboxylic acids is 1. The molecule has 0 radical (unpaired) electrons. The SMILES string of the molecule is C1CCN2C[C@@H]3C[C@H](CN4CCCC[C@H]34)[C@H]2C1.C1CCN2C[C@@H]3C[C@H](CN4CCCC[C@H]34)[C@H]2C1.CC1(C)C2CCC1(CS(=O)(=O)O)C(=O)C2. The third-order valence-electron chi connectivity index (χ3n) is 16.5. The van der Waals surface area contributed by atoms with Gasteiger partial charge in [0.2, 0.25) is 0 Å². The molecule has 2 saturated carbocycles. The standard InChI is InChI=1S/2C15H26N2.C10H16O4S/c2*1-3-7-16-11-13-9-12(14(16)5-1)10-17-8-4-2-6-15(13)17;1-9(2)7-3-4-10(9,8(11)5-7)6-15(12,13)14/h2*12-15H,1-11H2;7H,3-6H2,1-2H3,(H,12,13,14)/t2*12-,13+,14-,15-;/m11./s1. The Hall–Kier alpha value is -0.580. The number of Topliss-reactive ketones (excluding diaryl/α,β-unsaturated/α-hetero) is 1. The van der Waals surface area contributed by atoms with E-state index < -0.39 is 21.3 Å². The molecule has 0 amide bonds. The molecule has 6 bridgehead atoms. The molecular weight excluding hydrogens is 633 g/mol. The van der Waals surface area contributed by atoms with E-state index in [9.17, 15) is 13.2 Å². The Kier molecular flexibility index (Phi) is 10.1. The molecular formula is C40H68N4O4S. The maximum absolute atomic E-state index is 11.9. The van der Waals surface area contributed by atoms with E-state index in [1.807, 2.05) is 13.8 Å². The number of ketones is 1. The molecule has 8 heterocycles. The number of hydrogen-bond donors (Lipinski definition) is 1. The first kappa shape index (κ1) is 35.4. The summed E-state index contributed by atoms with van der Waals surface area (Å²) in [4.78, 5) is 23.4. The first-order chi connectivity index (χ1) is 23.5. The van der Waals surface area contributed by atoms with Crippen molar-refractivity contribution in [3.05, 3.63) is 0 Å². The Bertz CT molecular complexity index is 1190. The lowest BCUT2D eigenvalue weighted by atomic mass is 9.70. The number of nitrogens with zero attached hydrogens (tertiary/aromatic N) is 4. The summed E-state index contributed by atoms with van der Waals surface area (Å²) in [5.41, 5.74) is -1.12. The van der Waals surface area contributed by atoms with E-state index in [1.54, 1.807) is 12.8 Å². The van der Waals surface area contributed by atoms with Crippen molar-refractivity contribution >= 4 is 15.9 Å². The molecule has 8 aliphatic heterocycles. The van der Waals surface area contributed by atoms with Crippen molar-refractivity contribution in [2.75, 3.05) is 58.1 Å². The van der Waals surface area contributed by atoms with Gasteiger partial charge in [0.15, 0.2) is 0 Å². The molecule has 8 saturated heterocycles. The maximum atomic E-state index is 11.9. The van der Waals surface area contributed by atoms with Gasteiger partial charge in [0.05, 0.1) is 11.2 Å². The quantitative estimate of drug-likeness (QED) is 0.354. The molecule has 10 fully saturated rings. The molecule has 278 valence electrons. The summed E-state index contributed by atoms with van der Waals surface area (Å²) in [5.74, 6) is 3.97. The fourth-order valence-electron chi connectivity index (χ4n) is 13.9. The van der Waals surface area contributed by atoms with E-state index in [0.717, 1.165) is 54.3 Å². The van der Waals surface area contributed by atoms with Gasteiger partial charge in [-0.1, -0.05) is 39.5 Å². The van der Waals surface area contributed by atoms with E-state index in [4.69, 9.17) is 4.55 Å². The third kappa shape index (κ3) is 6.75. The van der Waals surface area contributed by atoms with Crippen LogP contribution in [0.4, 0.5) is 0 Å². The molecule has 2 aliphatic carbocycles. The third-order valence-corrected chi connectivity index (χ3v) is 17.3. The van der Waals surface area contributed by atoms with E-state index in [2.05, 4.69) is 19.6 Å². The van der Waals surface area contributed by atoms with Crippen molar-refractivity contribution in [3.63, 3.8) is 0 Å². The van der Waals surface area contributed by atoms with Crippen molar-refractivity contribution in [2.24, 2.45) is 40.4 Å². The number of rotatable bonds is 2. The van der Waals surface area contributed by atoms with Gasteiger partial charge in [-0.2, -0.15) is 8.42 Å². The molecule has 0 aromatic rings.